The second-order valence-electron chi connectivity index (χ2n) is 9.32. The fourth-order valence-electron chi connectivity index (χ4n) is 5.24. The largest absolute Gasteiger partial charge is 0.326 e. The molecule has 2 amide bonds. The van der Waals surface area contributed by atoms with Crippen LogP contribution in [0, 0.1) is 12.7 Å². The molecular weight excluding hydrogens is 472 g/mol. The first-order valence-electron chi connectivity index (χ1n) is 11.5. The highest BCUT2D eigenvalue weighted by atomic mass is 35.5. The van der Waals surface area contributed by atoms with Crippen LogP contribution >= 0.6 is 23.2 Å². The molecule has 4 nitrogen and oxygen atoms in total. The van der Waals surface area contributed by atoms with Crippen molar-refractivity contribution in [3.05, 3.63) is 93.2 Å². The molecule has 0 radical (unpaired) electrons. The van der Waals surface area contributed by atoms with Crippen molar-refractivity contribution in [3.63, 3.8) is 0 Å². The number of piperidine rings is 1. The summed E-state index contributed by atoms with van der Waals surface area (Å²) in [6, 6.07) is 18.1. The lowest BCUT2D eigenvalue weighted by atomic mass is 9.74. The molecule has 3 aromatic rings. The smallest absolute Gasteiger partial charge is 0.306 e. The van der Waals surface area contributed by atoms with Crippen LogP contribution in [0.15, 0.2) is 60.7 Å². The summed E-state index contributed by atoms with van der Waals surface area (Å²) in [7, 11) is 0. The molecule has 0 saturated carbocycles. The van der Waals surface area contributed by atoms with E-state index in [0.29, 0.717) is 22.3 Å². The van der Waals surface area contributed by atoms with Gasteiger partial charge in [0.25, 0.3) is 0 Å². The van der Waals surface area contributed by atoms with Crippen LogP contribution < -0.4 is 10.2 Å². The maximum Gasteiger partial charge on any atom is 0.326 e. The minimum absolute atomic E-state index is 0.268. The number of amides is 2. The summed E-state index contributed by atoms with van der Waals surface area (Å²) < 4.78 is 14.3. The fraction of sp³-hybridized carbons (Fsp3) is 0.296. The van der Waals surface area contributed by atoms with E-state index in [9.17, 15) is 9.18 Å². The second kappa shape index (κ2) is 9.21. The van der Waals surface area contributed by atoms with Crippen LogP contribution in [0.4, 0.5) is 20.6 Å². The van der Waals surface area contributed by atoms with Gasteiger partial charge in [-0.05, 0) is 74.3 Å². The van der Waals surface area contributed by atoms with Crippen LogP contribution in [0.1, 0.15) is 29.5 Å². The monoisotopic (exact) mass is 497 g/mol. The first-order chi connectivity index (χ1) is 16.3. The maximum atomic E-state index is 14.3. The van der Waals surface area contributed by atoms with Crippen LogP contribution in [0.2, 0.25) is 10.0 Å². The summed E-state index contributed by atoms with van der Waals surface area (Å²) in [5.74, 6) is -0.277. The number of nitrogens with one attached hydrogen (secondary N) is 1. The molecule has 0 aromatic heterocycles. The van der Waals surface area contributed by atoms with Gasteiger partial charge in [0.05, 0.1) is 15.7 Å². The standard InChI is InChI=1S/C27H26Cl2FN3O/c1-18-4-2-5-19(14-18)16-32-12-10-27(11-13-32)17-33(24-9-8-20(30)15-21(24)27)26(34)31-23-7-3-6-22(28)25(23)29/h2-9,14-15H,10-13,16-17H2,1H3,(H,31,34). The molecule has 0 atom stereocenters. The van der Waals surface area contributed by atoms with Gasteiger partial charge >= 0.3 is 6.03 Å². The molecular formula is C27H26Cl2FN3O. The van der Waals surface area contributed by atoms with Crippen molar-refractivity contribution in [3.8, 4) is 0 Å². The number of hydrogen-bond acceptors (Lipinski definition) is 2. The van der Waals surface area contributed by atoms with Gasteiger partial charge in [0.15, 0.2) is 0 Å². The number of nitrogens with zero attached hydrogens (tertiary/aromatic N) is 2. The molecule has 1 N–H and O–H groups in total. The van der Waals surface area contributed by atoms with Gasteiger partial charge < -0.3 is 5.32 Å². The number of fused-ring (bicyclic) bond motifs is 2. The van der Waals surface area contributed by atoms with Crippen molar-refractivity contribution in [1.82, 2.24) is 4.90 Å². The fourth-order valence-corrected chi connectivity index (χ4v) is 5.59. The molecule has 7 heteroatoms. The average molecular weight is 498 g/mol. The second-order valence-corrected chi connectivity index (χ2v) is 10.1. The van der Waals surface area contributed by atoms with E-state index in [-0.39, 0.29) is 17.3 Å². The van der Waals surface area contributed by atoms with Crippen molar-refractivity contribution in [2.75, 3.05) is 29.9 Å². The van der Waals surface area contributed by atoms with Crippen molar-refractivity contribution in [2.24, 2.45) is 0 Å². The van der Waals surface area contributed by atoms with E-state index in [0.717, 1.165) is 43.7 Å². The number of aryl methyl sites for hydroxylation is 1. The normalized spacial score (nSPS) is 17.1. The molecule has 0 unspecified atom stereocenters. The number of likely N-dealkylation sites (tertiary alicyclic amines) is 1. The van der Waals surface area contributed by atoms with Crippen LogP contribution in [0.25, 0.3) is 0 Å². The Morgan fingerprint density at radius 3 is 2.59 bits per heavy atom. The molecule has 2 aliphatic rings. The zero-order valence-corrected chi connectivity index (χ0v) is 20.5. The zero-order chi connectivity index (χ0) is 23.9. The third kappa shape index (κ3) is 4.40. The van der Waals surface area contributed by atoms with Gasteiger partial charge in [-0.3, -0.25) is 9.80 Å². The minimum atomic E-state index is -0.295. The molecule has 176 valence electrons. The van der Waals surface area contributed by atoms with Gasteiger partial charge in [0.2, 0.25) is 0 Å². The number of benzene rings is 3. The number of rotatable bonds is 3. The molecule has 2 heterocycles. The number of anilines is 2. The van der Waals surface area contributed by atoms with Gasteiger partial charge in [0.1, 0.15) is 5.82 Å². The third-order valence-electron chi connectivity index (χ3n) is 7.02. The highest BCUT2D eigenvalue weighted by molar-refractivity contribution is 6.44. The lowest BCUT2D eigenvalue weighted by Crippen LogP contribution is -2.46. The van der Waals surface area contributed by atoms with E-state index < -0.39 is 0 Å². The molecule has 3 aromatic carbocycles. The summed E-state index contributed by atoms with van der Waals surface area (Å²) >= 11 is 12.4. The predicted molar refractivity (Wildman–Crippen MR) is 137 cm³/mol. The number of carbonyl (C=O) groups is 1. The molecule has 2 aliphatic heterocycles. The van der Waals surface area contributed by atoms with Gasteiger partial charge in [-0.1, -0.05) is 59.1 Å². The summed E-state index contributed by atoms with van der Waals surface area (Å²) in [5, 5.41) is 3.56. The lowest BCUT2D eigenvalue weighted by Gasteiger charge is -2.40. The quantitative estimate of drug-likeness (QED) is 0.421. The van der Waals surface area contributed by atoms with Crippen LogP contribution in [-0.4, -0.2) is 30.6 Å². The van der Waals surface area contributed by atoms with Crippen molar-refractivity contribution in [1.29, 1.82) is 0 Å². The Balaban J connectivity index is 1.36. The molecule has 1 fully saturated rings. The van der Waals surface area contributed by atoms with Gasteiger partial charge in [0, 0.05) is 24.2 Å². The number of halogens is 3. The molecule has 34 heavy (non-hydrogen) atoms. The minimum Gasteiger partial charge on any atom is -0.306 e. The summed E-state index contributed by atoms with van der Waals surface area (Å²) in [4.78, 5) is 17.4. The Morgan fingerprint density at radius 1 is 1.06 bits per heavy atom. The van der Waals surface area contributed by atoms with E-state index in [1.807, 2.05) is 0 Å². The molecule has 1 spiro atoms. The Bertz CT molecular complexity index is 1240. The van der Waals surface area contributed by atoms with Crippen molar-refractivity contribution < 1.29 is 9.18 Å². The number of hydrogen-bond donors (Lipinski definition) is 1. The van der Waals surface area contributed by atoms with E-state index in [1.54, 1.807) is 35.2 Å². The SMILES string of the molecule is Cc1cccc(CN2CCC3(CC2)CN(C(=O)Nc2cccc(Cl)c2Cl)c2ccc(F)cc23)c1. The van der Waals surface area contributed by atoms with Gasteiger partial charge in [-0.25, -0.2) is 9.18 Å². The summed E-state index contributed by atoms with van der Waals surface area (Å²) in [5.41, 5.74) is 4.41. The molecule has 0 bridgehead atoms. The molecule has 0 aliphatic carbocycles. The topological polar surface area (TPSA) is 35.6 Å². The Hall–Kier alpha value is -2.60. The Morgan fingerprint density at radius 2 is 1.82 bits per heavy atom. The van der Waals surface area contributed by atoms with Crippen LogP contribution in [0.3, 0.4) is 0 Å². The maximum absolute atomic E-state index is 14.3. The number of carbonyl (C=O) groups excluding carboxylic acids is 1. The first kappa shape index (κ1) is 23.2. The van der Waals surface area contributed by atoms with E-state index in [2.05, 4.69) is 41.4 Å². The molecule has 1 saturated heterocycles. The molecule has 5 rings (SSSR count). The van der Waals surface area contributed by atoms with Crippen molar-refractivity contribution in [2.45, 2.75) is 31.7 Å². The average Bonchev–Trinajstić information content (AvgIpc) is 3.12. The highest BCUT2D eigenvalue weighted by Crippen LogP contribution is 2.47. The lowest BCUT2D eigenvalue weighted by molar-refractivity contribution is 0.160. The summed E-state index contributed by atoms with van der Waals surface area (Å²) in [6.07, 6.45) is 1.72. The van der Waals surface area contributed by atoms with Crippen LogP contribution in [0.5, 0.6) is 0 Å². The van der Waals surface area contributed by atoms with E-state index in [1.165, 1.54) is 17.2 Å². The van der Waals surface area contributed by atoms with Crippen molar-refractivity contribution >= 4 is 40.6 Å². The first-order valence-corrected chi connectivity index (χ1v) is 12.2. The Kier molecular flexibility index (Phi) is 6.28. The highest BCUT2D eigenvalue weighted by Gasteiger charge is 2.46. The van der Waals surface area contributed by atoms with E-state index in [4.69, 9.17) is 23.2 Å². The van der Waals surface area contributed by atoms with Crippen LogP contribution in [-0.2, 0) is 12.0 Å². The predicted octanol–water partition coefficient (Wildman–Crippen LogP) is 7.03. The zero-order valence-electron chi connectivity index (χ0n) is 19.0. The number of urea groups is 1. The Labute approximate surface area is 209 Å². The van der Waals surface area contributed by atoms with Gasteiger partial charge in [-0.15, -0.1) is 0 Å². The third-order valence-corrected chi connectivity index (χ3v) is 7.84. The summed E-state index contributed by atoms with van der Waals surface area (Å²) in [6.45, 7) is 5.28. The van der Waals surface area contributed by atoms with E-state index >= 15 is 0 Å². The van der Waals surface area contributed by atoms with Gasteiger partial charge in [-0.2, -0.15) is 0 Å².